The summed E-state index contributed by atoms with van der Waals surface area (Å²) in [4.78, 5) is 37.0. The number of nitrogens with one attached hydrogen (secondary N) is 1. The van der Waals surface area contributed by atoms with Crippen LogP contribution in [0.1, 0.15) is 33.1 Å². The lowest BCUT2D eigenvalue weighted by Gasteiger charge is -2.31. The summed E-state index contributed by atoms with van der Waals surface area (Å²) >= 11 is 0. The maximum Gasteiger partial charge on any atom is 0.325 e. The molecule has 1 N–H and O–H groups in total. The third-order valence-corrected chi connectivity index (χ3v) is 3.74. The molecule has 0 saturated carbocycles. The van der Waals surface area contributed by atoms with E-state index in [4.69, 9.17) is 4.74 Å². The summed E-state index contributed by atoms with van der Waals surface area (Å²) in [6.07, 6.45) is 1.26. The van der Waals surface area contributed by atoms with E-state index in [9.17, 15) is 14.4 Å². The van der Waals surface area contributed by atoms with Crippen molar-refractivity contribution >= 4 is 17.7 Å². The number of ether oxygens (including phenoxy) is 1. The van der Waals surface area contributed by atoms with Gasteiger partial charge in [-0.3, -0.25) is 14.5 Å². The molecular formula is C12H18N2O4. The highest BCUT2D eigenvalue weighted by atomic mass is 16.5. The maximum atomic E-state index is 12.4. The first-order chi connectivity index (χ1) is 8.52. The quantitative estimate of drug-likeness (QED) is 0.742. The monoisotopic (exact) mass is 254 g/mol. The Morgan fingerprint density at radius 3 is 2.61 bits per heavy atom. The maximum absolute atomic E-state index is 12.4. The van der Waals surface area contributed by atoms with E-state index in [-0.39, 0.29) is 11.7 Å². The molecule has 0 aromatic heterocycles. The van der Waals surface area contributed by atoms with Crippen LogP contribution in [0, 0.1) is 0 Å². The molecule has 1 spiro atoms. The fraction of sp³-hybridized carbons (Fsp3) is 0.750. The lowest BCUT2D eigenvalue weighted by Crippen LogP contribution is -2.52. The van der Waals surface area contributed by atoms with Crippen molar-refractivity contribution in [1.29, 1.82) is 0 Å². The van der Waals surface area contributed by atoms with E-state index in [1.54, 1.807) is 13.8 Å². The second-order valence-electron chi connectivity index (χ2n) is 4.80. The molecule has 2 rings (SSSR count). The zero-order valence-electron chi connectivity index (χ0n) is 10.7. The Kier molecular flexibility index (Phi) is 3.38. The molecule has 100 valence electrons. The molecule has 2 heterocycles. The smallest absolute Gasteiger partial charge is 0.325 e. The number of Topliss-reactive ketones (excluding diaryl/α,β-unsaturated/α-hetero) is 1. The highest BCUT2D eigenvalue weighted by Gasteiger charge is 2.53. The van der Waals surface area contributed by atoms with Crippen LogP contribution in [-0.2, 0) is 14.3 Å². The number of imide groups is 1. The molecule has 2 saturated heterocycles. The number of carbonyl (C=O) groups is 3. The highest BCUT2D eigenvalue weighted by molar-refractivity contribution is 6.10. The van der Waals surface area contributed by atoms with E-state index in [0.29, 0.717) is 32.5 Å². The Bertz CT molecular complexity index is 388. The van der Waals surface area contributed by atoms with Crippen molar-refractivity contribution in [1.82, 2.24) is 10.2 Å². The van der Waals surface area contributed by atoms with Crippen molar-refractivity contribution in [2.24, 2.45) is 0 Å². The summed E-state index contributed by atoms with van der Waals surface area (Å²) in [5.41, 5.74) is -0.850. The first-order valence-electron chi connectivity index (χ1n) is 6.28. The van der Waals surface area contributed by atoms with Gasteiger partial charge in [0.05, 0.1) is 6.04 Å². The average molecular weight is 254 g/mol. The van der Waals surface area contributed by atoms with E-state index in [1.807, 2.05) is 0 Å². The van der Waals surface area contributed by atoms with Gasteiger partial charge in [-0.1, -0.05) is 6.92 Å². The molecule has 0 radical (unpaired) electrons. The van der Waals surface area contributed by atoms with Crippen LogP contribution in [-0.4, -0.2) is 47.4 Å². The third-order valence-electron chi connectivity index (χ3n) is 3.74. The summed E-state index contributed by atoms with van der Waals surface area (Å²) in [5, 5.41) is 2.73. The Balaban J connectivity index is 2.21. The molecule has 0 bridgehead atoms. The molecule has 1 atom stereocenters. The van der Waals surface area contributed by atoms with Crippen molar-refractivity contribution in [2.75, 3.05) is 13.2 Å². The van der Waals surface area contributed by atoms with Crippen LogP contribution in [0.25, 0.3) is 0 Å². The predicted octanol–water partition coefficient (Wildman–Crippen LogP) is 0.455. The van der Waals surface area contributed by atoms with E-state index < -0.39 is 17.6 Å². The lowest BCUT2D eigenvalue weighted by atomic mass is 9.90. The molecule has 1 unspecified atom stereocenters. The van der Waals surface area contributed by atoms with Crippen LogP contribution in [0.3, 0.4) is 0 Å². The van der Waals surface area contributed by atoms with Crippen molar-refractivity contribution in [2.45, 2.75) is 44.7 Å². The van der Waals surface area contributed by atoms with Crippen LogP contribution in [0.2, 0.25) is 0 Å². The summed E-state index contributed by atoms with van der Waals surface area (Å²) < 4.78 is 5.22. The summed E-state index contributed by atoms with van der Waals surface area (Å²) in [6.45, 7) is 4.23. The normalized spacial score (nSPS) is 24.2. The standard InChI is InChI=1S/C12H18N2O4/c1-3-9(15)8(2)14-10(16)12(13-11(14)17)4-6-18-7-5-12/h8H,3-7H2,1-2H3,(H,13,17). The number of carbonyl (C=O) groups excluding carboxylic acids is 3. The van der Waals surface area contributed by atoms with Crippen LogP contribution in [0.4, 0.5) is 4.79 Å². The predicted molar refractivity (Wildman–Crippen MR) is 62.9 cm³/mol. The van der Waals surface area contributed by atoms with E-state index in [0.717, 1.165) is 4.90 Å². The van der Waals surface area contributed by atoms with Crippen molar-refractivity contribution in [3.63, 3.8) is 0 Å². The van der Waals surface area contributed by atoms with Crippen molar-refractivity contribution in [3.05, 3.63) is 0 Å². The topological polar surface area (TPSA) is 75.7 Å². The van der Waals surface area contributed by atoms with Crippen molar-refractivity contribution in [3.8, 4) is 0 Å². The van der Waals surface area contributed by atoms with Gasteiger partial charge in [-0.05, 0) is 6.92 Å². The molecule has 0 aliphatic carbocycles. The van der Waals surface area contributed by atoms with Gasteiger partial charge in [-0.15, -0.1) is 0 Å². The summed E-state index contributed by atoms with van der Waals surface area (Å²) in [5.74, 6) is -0.396. The SMILES string of the molecule is CCC(=O)C(C)N1C(=O)NC2(CCOCC2)C1=O. The minimum Gasteiger partial charge on any atom is -0.381 e. The van der Waals surface area contributed by atoms with Gasteiger partial charge >= 0.3 is 6.03 Å². The van der Waals surface area contributed by atoms with Gasteiger partial charge in [0.2, 0.25) is 0 Å². The van der Waals surface area contributed by atoms with Gasteiger partial charge in [0.1, 0.15) is 5.54 Å². The largest absolute Gasteiger partial charge is 0.381 e. The van der Waals surface area contributed by atoms with E-state index >= 15 is 0 Å². The lowest BCUT2D eigenvalue weighted by molar-refractivity contribution is -0.139. The van der Waals surface area contributed by atoms with E-state index in [1.165, 1.54) is 0 Å². The van der Waals surface area contributed by atoms with Gasteiger partial charge < -0.3 is 10.1 Å². The Morgan fingerprint density at radius 1 is 1.44 bits per heavy atom. The number of urea groups is 1. The number of hydrogen-bond acceptors (Lipinski definition) is 4. The molecule has 6 nitrogen and oxygen atoms in total. The number of ketones is 1. The molecule has 18 heavy (non-hydrogen) atoms. The molecule has 0 aromatic carbocycles. The fourth-order valence-corrected chi connectivity index (χ4v) is 2.49. The Morgan fingerprint density at radius 2 is 2.06 bits per heavy atom. The van der Waals surface area contributed by atoms with Crippen LogP contribution < -0.4 is 5.32 Å². The average Bonchev–Trinajstić information content (AvgIpc) is 2.60. The summed E-state index contributed by atoms with van der Waals surface area (Å²) in [6, 6.07) is -1.15. The second-order valence-corrected chi connectivity index (χ2v) is 4.80. The van der Waals surface area contributed by atoms with Crippen LogP contribution in [0.5, 0.6) is 0 Å². The Hall–Kier alpha value is -1.43. The molecule has 0 aromatic rings. The first kappa shape index (κ1) is 13.0. The molecule has 3 amide bonds. The number of hydrogen-bond donors (Lipinski definition) is 1. The first-order valence-corrected chi connectivity index (χ1v) is 6.28. The van der Waals surface area contributed by atoms with Crippen LogP contribution >= 0.6 is 0 Å². The minimum atomic E-state index is -0.850. The Labute approximate surface area is 106 Å². The number of amides is 3. The van der Waals surface area contributed by atoms with Gasteiger partial charge in [-0.2, -0.15) is 0 Å². The zero-order chi connectivity index (χ0) is 13.3. The van der Waals surface area contributed by atoms with Gasteiger partial charge in [0.15, 0.2) is 5.78 Å². The zero-order valence-corrected chi connectivity index (χ0v) is 10.7. The van der Waals surface area contributed by atoms with Gasteiger partial charge in [0.25, 0.3) is 5.91 Å². The second kappa shape index (κ2) is 4.68. The molecule has 2 aliphatic rings. The fourth-order valence-electron chi connectivity index (χ4n) is 2.49. The van der Waals surface area contributed by atoms with Gasteiger partial charge in [-0.25, -0.2) is 4.79 Å². The number of rotatable bonds is 3. The molecule has 2 fully saturated rings. The molecule has 2 aliphatic heterocycles. The molecular weight excluding hydrogens is 236 g/mol. The van der Waals surface area contributed by atoms with E-state index in [2.05, 4.69) is 5.32 Å². The third kappa shape index (κ3) is 1.90. The minimum absolute atomic E-state index is 0.109. The van der Waals surface area contributed by atoms with Crippen LogP contribution in [0.15, 0.2) is 0 Å². The van der Waals surface area contributed by atoms with Crippen molar-refractivity contribution < 1.29 is 19.1 Å². The van der Waals surface area contributed by atoms with Gasteiger partial charge in [0, 0.05) is 32.5 Å². The molecule has 6 heteroatoms. The summed E-state index contributed by atoms with van der Waals surface area (Å²) in [7, 11) is 0. The highest BCUT2D eigenvalue weighted by Crippen LogP contribution is 2.29. The number of nitrogens with zero attached hydrogens (tertiary/aromatic N) is 1.